The summed E-state index contributed by atoms with van der Waals surface area (Å²) in [4.78, 5) is 16.9. The third-order valence-electron chi connectivity index (χ3n) is 8.95. The van der Waals surface area contributed by atoms with Crippen LogP contribution < -0.4 is 10.1 Å². The maximum absolute atomic E-state index is 12.6. The second kappa shape index (κ2) is 10.2. The molecule has 2 N–H and O–H groups in total. The van der Waals surface area contributed by atoms with Crippen LogP contribution in [0, 0.1) is 11.8 Å². The molecular weight excluding hydrogens is 512 g/mol. The molecule has 6 nitrogen and oxygen atoms in total. The van der Waals surface area contributed by atoms with E-state index in [9.17, 15) is 9.90 Å². The number of benzene rings is 2. The topological polar surface area (TPSA) is 84.6 Å². The van der Waals surface area contributed by atoms with Crippen LogP contribution in [-0.4, -0.2) is 28.2 Å². The standard InChI is InChI=1S/C32H33ClN2O4/c1-21(20-39-28-9-15-34-29-26(28)10-16-38-29)17-23-18-22-5-2-3-8-27(22)31(23)11-13-32(14-12-31,30(36)37)35-25-7-4-6-24(33)19-25/h2-10,15-16,19,21,23,35H,11-14,17-18,20H2,1H3,(H,36,37)/t21-,23?,31?,32?/m1/s1. The first-order chi connectivity index (χ1) is 18.9. The number of pyridine rings is 1. The molecular formula is C32H33ClN2O4. The van der Waals surface area contributed by atoms with Gasteiger partial charge in [-0.15, -0.1) is 0 Å². The number of hydrogen-bond donors (Lipinski definition) is 2. The van der Waals surface area contributed by atoms with Gasteiger partial charge < -0.3 is 19.6 Å². The zero-order chi connectivity index (χ0) is 27.0. The number of anilines is 1. The van der Waals surface area contributed by atoms with E-state index in [0.29, 0.717) is 42.0 Å². The van der Waals surface area contributed by atoms with Crippen molar-refractivity contribution in [1.29, 1.82) is 0 Å². The maximum atomic E-state index is 12.6. The lowest BCUT2D eigenvalue weighted by Crippen LogP contribution is -2.53. The molecule has 0 bridgehead atoms. The molecule has 1 saturated carbocycles. The van der Waals surface area contributed by atoms with Crippen molar-refractivity contribution in [3.63, 3.8) is 0 Å². The van der Waals surface area contributed by atoms with Crippen molar-refractivity contribution in [3.05, 3.63) is 89.3 Å². The SMILES string of the molecule is C[C@@H](COc1ccnc2occc12)CC1Cc2ccccc2C12CCC(Nc1cccc(Cl)c1)(C(=O)O)CC2. The molecule has 2 aliphatic rings. The number of nitrogens with zero attached hydrogens (tertiary/aromatic N) is 1. The van der Waals surface area contributed by atoms with E-state index in [0.717, 1.165) is 42.5 Å². The molecule has 4 aromatic rings. The summed E-state index contributed by atoms with van der Waals surface area (Å²) >= 11 is 6.19. The number of halogens is 1. The highest BCUT2D eigenvalue weighted by molar-refractivity contribution is 6.30. The highest BCUT2D eigenvalue weighted by atomic mass is 35.5. The van der Waals surface area contributed by atoms with Gasteiger partial charge in [-0.3, -0.25) is 0 Å². The molecule has 2 aromatic carbocycles. The molecule has 1 spiro atoms. The number of aromatic nitrogens is 1. The highest BCUT2D eigenvalue weighted by Crippen LogP contribution is 2.56. The second-order valence-corrected chi connectivity index (χ2v) is 11.8. The lowest BCUT2D eigenvalue weighted by molar-refractivity contribution is -0.144. The van der Waals surface area contributed by atoms with Gasteiger partial charge in [-0.05, 0) is 97.2 Å². The molecule has 7 heteroatoms. The third kappa shape index (κ3) is 4.76. The van der Waals surface area contributed by atoms with E-state index < -0.39 is 11.5 Å². The fraction of sp³-hybridized carbons (Fsp3) is 0.375. The minimum atomic E-state index is -1.01. The number of carbonyl (C=O) groups is 1. The van der Waals surface area contributed by atoms with Gasteiger partial charge in [-0.25, -0.2) is 9.78 Å². The van der Waals surface area contributed by atoms with Crippen molar-refractivity contribution < 1.29 is 19.1 Å². The number of hydrogen-bond acceptors (Lipinski definition) is 5. The van der Waals surface area contributed by atoms with Gasteiger partial charge in [0.05, 0.1) is 18.3 Å². The Balaban J connectivity index is 1.20. The van der Waals surface area contributed by atoms with Crippen molar-refractivity contribution in [1.82, 2.24) is 4.98 Å². The Morgan fingerprint density at radius 1 is 1.15 bits per heavy atom. The molecule has 0 saturated heterocycles. The number of fused-ring (bicyclic) bond motifs is 3. The van der Waals surface area contributed by atoms with Crippen LogP contribution in [0.1, 0.15) is 50.2 Å². The number of carboxylic acids is 1. The summed E-state index contributed by atoms with van der Waals surface area (Å²) in [5.74, 6) is 0.746. The summed E-state index contributed by atoms with van der Waals surface area (Å²) in [7, 11) is 0. The van der Waals surface area contributed by atoms with E-state index >= 15 is 0 Å². The number of carboxylic acid groups (broad SMARTS) is 1. The number of nitrogens with one attached hydrogen (secondary N) is 1. The summed E-state index contributed by atoms with van der Waals surface area (Å²) in [6, 6.07) is 19.9. The first-order valence-corrected chi connectivity index (χ1v) is 14.1. The highest BCUT2D eigenvalue weighted by Gasteiger charge is 2.54. The smallest absolute Gasteiger partial charge is 0.329 e. The van der Waals surface area contributed by atoms with Gasteiger partial charge >= 0.3 is 5.97 Å². The van der Waals surface area contributed by atoms with Crippen LogP contribution >= 0.6 is 11.6 Å². The van der Waals surface area contributed by atoms with Gasteiger partial charge in [0, 0.05) is 16.9 Å². The van der Waals surface area contributed by atoms with Crippen molar-refractivity contribution in [2.24, 2.45) is 11.8 Å². The third-order valence-corrected chi connectivity index (χ3v) is 9.19. The maximum Gasteiger partial charge on any atom is 0.329 e. The Hall–Kier alpha value is -3.51. The van der Waals surface area contributed by atoms with Crippen molar-refractivity contribution in [3.8, 4) is 5.75 Å². The van der Waals surface area contributed by atoms with Crippen LogP contribution in [0.25, 0.3) is 11.1 Å². The van der Waals surface area contributed by atoms with Crippen LogP contribution in [-0.2, 0) is 16.6 Å². The number of aliphatic carboxylic acids is 1. The Morgan fingerprint density at radius 3 is 2.77 bits per heavy atom. The minimum Gasteiger partial charge on any atom is -0.492 e. The van der Waals surface area contributed by atoms with Crippen molar-refractivity contribution >= 4 is 34.4 Å². The van der Waals surface area contributed by atoms with Gasteiger partial charge in [0.2, 0.25) is 5.71 Å². The molecule has 6 rings (SSSR count). The average Bonchev–Trinajstić information content (AvgIpc) is 3.52. The van der Waals surface area contributed by atoms with E-state index in [1.807, 2.05) is 24.3 Å². The Bertz CT molecular complexity index is 1490. The molecule has 0 radical (unpaired) electrons. The fourth-order valence-electron chi connectivity index (χ4n) is 6.97. The molecule has 2 aliphatic carbocycles. The second-order valence-electron chi connectivity index (χ2n) is 11.3. The molecule has 202 valence electrons. The van der Waals surface area contributed by atoms with Gasteiger partial charge in [0.25, 0.3) is 0 Å². The van der Waals surface area contributed by atoms with Gasteiger partial charge in [-0.1, -0.05) is 48.9 Å². The first kappa shape index (κ1) is 25.8. The number of rotatable bonds is 8. The normalized spacial score (nSPS) is 24.9. The first-order valence-electron chi connectivity index (χ1n) is 13.7. The number of furan rings is 1. The Morgan fingerprint density at radius 2 is 1.97 bits per heavy atom. The van der Waals surface area contributed by atoms with Crippen LogP contribution in [0.3, 0.4) is 0 Å². The zero-order valence-electron chi connectivity index (χ0n) is 22.0. The summed E-state index contributed by atoms with van der Waals surface area (Å²) in [6.07, 6.45) is 8.13. The zero-order valence-corrected chi connectivity index (χ0v) is 22.8. The number of ether oxygens (including phenoxy) is 1. The van der Waals surface area contributed by atoms with E-state index in [2.05, 4.69) is 41.5 Å². The van der Waals surface area contributed by atoms with E-state index in [4.69, 9.17) is 20.8 Å². The molecule has 39 heavy (non-hydrogen) atoms. The van der Waals surface area contributed by atoms with Crippen molar-refractivity contribution in [2.75, 3.05) is 11.9 Å². The van der Waals surface area contributed by atoms with Crippen molar-refractivity contribution in [2.45, 2.75) is 56.4 Å². The van der Waals surface area contributed by atoms with Crippen LogP contribution in [0.2, 0.25) is 5.02 Å². The molecule has 0 amide bonds. The summed E-state index contributed by atoms with van der Waals surface area (Å²) < 4.78 is 11.7. The van der Waals surface area contributed by atoms with E-state index in [-0.39, 0.29) is 5.41 Å². The lowest BCUT2D eigenvalue weighted by atomic mass is 9.59. The predicted molar refractivity (Wildman–Crippen MR) is 153 cm³/mol. The average molecular weight is 545 g/mol. The minimum absolute atomic E-state index is 0.0334. The monoisotopic (exact) mass is 544 g/mol. The quantitative estimate of drug-likeness (QED) is 0.239. The molecule has 1 unspecified atom stereocenters. The van der Waals surface area contributed by atoms with Gasteiger partial charge in [0.1, 0.15) is 11.3 Å². The summed E-state index contributed by atoms with van der Waals surface area (Å²) in [6.45, 7) is 2.85. The molecule has 0 aliphatic heterocycles. The summed E-state index contributed by atoms with van der Waals surface area (Å²) in [5.41, 5.74) is 3.09. The van der Waals surface area contributed by atoms with E-state index in [1.54, 1.807) is 24.6 Å². The lowest BCUT2D eigenvalue weighted by Gasteiger charge is -2.47. The Labute approximate surface area is 233 Å². The molecule has 2 atom stereocenters. The van der Waals surface area contributed by atoms with Gasteiger partial charge in [-0.2, -0.15) is 0 Å². The van der Waals surface area contributed by atoms with Crippen LogP contribution in [0.15, 0.2) is 77.5 Å². The van der Waals surface area contributed by atoms with E-state index in [1.165, 1.54) is 11.1 Å². The van der Waals surface area contributed by atoms with Gasteiger partial charge in [0.15, 0.2) is 0 Å². The molecule has 2 heterocycles. The predicted octanol–water partition coefficient (Wildman–Crippen LogP) is 7.51. The molecule has 2 aromatic heterocycles. The fourth-order valence-corrected chi connectivity index (χ4v) is 7.16. The summed E-state index contributed by atoms with van der Waals surface area (Å²) in [5, 5.41) is 15.2. The largest absolute Gasteiger partial charge is 0.492 e. The van der Waals surface area contributed by atoms with Crippen LogP contribution in [0.5, 0.6) is 5.75 Å². The van der Waals surface area contributed by atoms with Crippen LogP contribution in [0.4, 0.5) is 5.69 Å². The Kier molecular flexibility index (Phi) is 6.76. The molecule has 1 fully saturated rings.